The standard InChI is InChI=1S/C12H23N/c1-9-3-2-4-10(7-9)11-5-6-12(13)8-11/h9-12H,2-8,13H2,1H3. The summed E-state index contributed by atoms with van der Waals surface area (Å²) in [5, 5.41) is 0. The van der Waals surface area contributed by atoms with Crippen LogP contribution in [0.1, 0.15) is 51.9 Å². The summed E-state index contributed by atoms with van der Waals surface area (Å²) in [7, 11) is 0. The summed E-state index contributed by atoms with van der Waals surface area (Å²) in [5.41, 5.74) is 5.97. The Balaban J connectivity index is 1.85. The zero-order valence-electron chi connectivity index (χ0n) is 8.84. The van der Waals surface area contributed by atoms with Crippen LogP contribution in [-0.2, 0) is 0 Å². The van der Waals surface area contributed by atoms with Crippen LogP contribution in [-0.4, -0.2) is 6.04 Å². The molecule has 4 atom stereocenters. The second-order valence-electron chi connectivity index (χ2n) is 5.37. The molecule has 0 saturated heterocycles. The highest BCUT2D eigenvalue weighted by molar-refractivity contribution is 4.85. The van der Waals surface area contributed by atoms with E-state index in [1.54, 1.807) is 0 Å². The van der Waals surface area contributed by atoms with Gasteiger partial charge in [-0.1, -0.05) is 26.2 Å². The fourth-order valence-electron chi connectivity index (χ4n) is 3.39. The molecule has 13 heavy (non-hydrogen) atoms. The predicted octanol–water partition coefficient (Wildman–Crippen LogP) is 2.94. The molecule has 1 heteroatoms. The van der Waals surface area contributed by atoms with E-state index in [0.717, 1.165) is 17.8 Å². The molecule has 0 aromatic heterocycles. The summed E-state index contributed by atoms with van der Waals surface area (Å²) in [6, 6.07) is 0.530. The molecule has 2 N–H and O–H groups in total. The third kappa shape index (κ3) is 2.25. The van der Waals surface area contributed by atoms with Gasteiger partial charge in [0.1, 0.15) is 0 Å². The summed E-state index contributed by atoms with van der Waals surface area (Å²) in [6.45, 7) is 2.42. The lowest BCUT2D eigenvalue weighted by atomic mass is 9.75. The van der Waals surface area contributed by atoms with Crippen LogP contribution in [0.5, 0.6) is 0 Å². The lowest BCUT2D eigenvalue weighted by Crippen LogP contribution is -2.22. The number of hydrogen-bond acceptors (Lipinski definition) is 1. The van der Waals surface area contributed by atoms with Gasteiger partial charge in [0.05, 0.1) is 0 Å². The smallest absolute Gasteiger partial charge is 0.00416 e. The van der Waals surface area contributed by atoms with E-state index in [2.05, 4.69) is 6.92 Å². The summed E-state index contributed by atoms with van der Waals surface area (Å²) < 4.78 is 0. The van der Waals surface area contributed by atoms with E-state index >= 15 is 0 Å². The molecule has 0 aliphatic heterocycles. The van der Waals surface area contributed by atoms with E-state index in [1.807, 2.05) is 0 Å². The van der Waals surface area contributed by atoms with Crippen molar-refractivity contribution in [2.24, 2.45) is 23.5 Å². The van der Waals surface area contributed by atoms with E-state index < -0.39 is 0 Å². The molecule has 0 aromatic rings. The summed E-state index contributed by atoms with van der Waals surface area (Å²) in [5.74, 6) is 2.99. The van der Waals surface area contributed by atoms with Crippen molar-refractivity contribution >= 4 is 0 Å². The molecule has 76 valence electrons. The first-order chi connectivity index (χ1) is 6.25. The van der Waals surface area contributed by atoms with Crippen molar-refractivity contribution in [1.29, 1.82) is 0 Å². The minimum Gasteiger partial charge on any atom is -0.328 e. The predicted molar refractivity (Wildman–Crippen MR) is 56.4 cm³/mol. The van der Waals surface area contributed by atoms with Gasteiger partial charge in [-0.15, -0.1) is 0 Å². The van der Waals surface area contributed by atoms with E-state index in [-0.39, 0.29) is 0 Å². The molecule has 2 rings (SSSR count). The lowest BCUT2D eigenvalue weighted by Gasteiger charge is -2.31. The Labute approximate surface area is 82.1 Å². The highest BCUT2D eigenvalue weighted by atomic mass is 14.6. The normalized spacial score (nSPS) is 46.6. The van der Waals surface area contributed by atoms with E-state index in [0.29, 0.717) is 6.04 Å². The molecule has 0 amide bonds. The monoisotopic (exact) mass is 181 g/mol. The fourth-order valence-corrected chi connectivity index (χ4v) is 3.39. The summed E-state index contributed by atoms with van der Waals surface area (Å²) in [4.78, 5) is 0. The van der Waals surface area contributed by atoms with E-state index in [1.165, 1.54) is 44.9 Å². The van der Waals surface area contributed by atoms with Crippen LogP contribution in [0, 0.1) is 17.8 Å². The van der Waals surface area contributed by atoms with Crippen LogP contribution in [0.4, 0.5) is 0 Å². The second kappa shape index (κ2) is 4.00. The molecule has 4 unspecified atom stereocenters. The zero-order valence-corrected chi connectivity index (χ0v) is 8.84. The Bertz CT molecular complexity index is 167. The van der Waals surface area contributed by atoms with Gasteiger partial charge >= 0.3 is 0 Å². The van der Waals surface area contributed by atoms with Gasteiger partial charge in [0.2, 0.25) is 0 Å². The quantitative estimate of drug-likeness (QED) is 0.661. The Morgan fingerprint density at radius 2 is 1.69 bits per heavy atom. The van der Waals surface area contributed by atoms with Crippen LogP contribution in [0.25, 0.3) is 0 Å². The highest BCUT2D eigenvalue weighted by Crippen LogP contribution is 2.40. The lowest BCUT2D eigenvalue weighted by molar-refractivity contribution is 0.205. The van der Waals surface area contributed by atoms with E-state index in [4.69, 9.17) is 5.73 Å². The molecule has 0 spiro atoms. The van der Waals surface area contributed by atoms with E-state index in [9.17, 15) is 0 Å². The molecule has 2 aliphatic carbocycles. The number of nitrogens with two attached hydrogens (primary N) is 1. The van der Waals surface area contributed by atoms with Crippen molar-refractivity contribution in [2.45, 2.75) is 57.9 Å². The van der Waals surface area contributed by atoms with Crippen molar-refractivity contribution in [3.63, 3.8) is 0 Å². The van der Waals surface area contributed by atoms with Crippen molar-refractivity contribution in [2.75, 3.05) is 0 Å². The maximum absolute atomic E-state index is 5.97. The molecule has 0 aromatic carbocycles. The Kier molecular flexibility index (Phi) is 2.92. The molecule has 1 nitrogen and oxygen atoms in total. The number of rotatable bonds is 1. The van der Waals surface area contributed by atoms with Crippen LogP contribution in [0.15, 0.2) is 0 Å². The second-order valence-corrected chi connectivity index (χ2v) is 5.37. The highest BCUT2D eigenvalue weighted by Gasteiger charge is 2.31. The third-order valence-corrected chi connectivity index (χ3v) is 4.16. The van der Waals surface area contributed by atoms with Crippen molar-refractivity contribution in [3.8, 4) is 0 Å². The topological polar surface area (TPSA) is 26.0 Å². The first-order valence-electron chi connectivity index (χ1n) is 6.01. The largest absolute Gasteiger partial charge is 0.328 e. The average Bonchev–Trinajstić information content (AvgIpc) is 2.52. The molecule has 0 bridgehead atoms. The summed E-state index contributed by atoms with van der Waals surface area (Å²) in [6.07, 6.45) is 9.93. The zero-order chi connectivity index (χ0) is 9.26. The summed E-state index contributed by atoms with van der Waals surface area (Å²) >= 11 is 0. The van der Waals surface area contributed by atoms with Crippen LogP contribution in [0.2, 0.25) is 0 Å². The van der Waals surface area contributed by atoms with Crippen LogP contribution in [0.3, 0.4) is 0 Å². The molecular weight excluding hydrogens is 158 g/mol. The van der Waals surface area contributed by atoms with Crippen LogP contribution >= 0.6 is 0 Å². The van der Waals surface area contributed by atoms with Crippen molar-refractivity contribution < 1.29 is 0 Å². The molecule has 0 radical (unpaired) electrons. The molecule has 2 fully saturated rings. The van der Waals surface area contributed by atoms with Gasteiger partial charge in [-0.3, -0.25) is 0 Å². The first-order valence-corrected chi connectivity index (χ1v) is 6.01. The fraction of sp³-hybridized carbons (Fsp3) is 1.00. The Morgan fingerprint density at radius 1 is 0.923 bits per heavy atom. The molecule has 0 heterocycles. The van der Waals surface area contributed by atoms with Gasteiger partial charge in [-0.25, -0.2) is 0 Å². The van der Waals surface area contributed by atoms with Gasteiger partial charge < -0.3 is 5.73 Å². The Hall–Kier alpha value is -0.0400. The van der Waals surface area contributed by atoms with Crippen molar-refractivity contribution in [1.82, 2.24) is 0 Å². The molecular formula is C12H23N. The first kappa shape index (κ1) is 9.51. The van der Waals surface area contributed by atoms with Crippen LogP contribution < -0.4 is 5.73 Å². The third-order valence-electron chi connectivity index (χ3n) is 4.16. The maximum atomic E-state index is 5.97. The van der Waals surface area contributed by atoms with Crippen molar-refractivity contribution in [3.05, 3.63) is 0 Å². The minimum atomic E-state index is 0.530. The van der Waals surface area contributed by atoms with Gasteiger partial charge in [-0.05, 0) is 43.4 Å². The maximum Gasteiger partial charge on any atom is 0.00416 e. The van der Waals surface area contributed by atoms with Gasteiger partial charge in [0.15, 0.2) is 0 Å². The van der Waals surface area contributed by atoms with Gasteiger partial charge in [0.25, 0.3) is 0 Å². The van der Waals surface area contributed by atoms with Gasteiger partial charge in [-0.2, -0.15) is 0 Å². The van der Waals surface area contributed by atoms with Gasteiger partial charge in [0, 0.05) is 6.04 Å². The SMILES string of the molecule is CC1CCCC(C2CCC(N)C2)C1. The Morgan fingerprint density at radius 3 is 2.31 bits per heavy atom. The number of hydrogen-bond donors (Lipinski definition) is 1. The molecule has 2 aliphatic rings. The minimum absolute atomic E-state index is 0.530. The molecule has 2 saturated carbocycles. The average molecular weight is 181 g/mol.